The van der Waals surface area contributed by atoms with Gasteiger partial charge in [-0.05, 0) is 65.2 Å². The Balaban J connectivity index is 1.14. The number of aromatic nitrogens is 6. The number of phenolic OH excluding ortho intramolecular Hbond substituents is 1. The molecule has 0 saturated carbocycles. The third kappa shape index (κ3) is 3.09. The number of para-hydroxylation sites is 5. The topological polar surface area (TPSA) is 85.0 Å². The Kier molecular flexibility index (Phi) is 4.52. The quantitative estimate of drug-likeness (QED) is 0.197. The first-order valence-electron chi connectivity index (χ1n) is 16.3. The number of nitrogens with zero attached hydrogens (tertiary/aromatic N) is 7. The number of hydrogen-bond donors (Lipinski definition) is 1. The number of fused-ring (bicyclic) bond motifs is 20. The normalized spacial score (nSPS) is 14.9. The first-order chi connectivity index (χ1) is 24.2. The van der Waals surface area contributed by atoms with Crippen molar-refractivity contribution in [3.8, 4) is 28.3 Å². The summed E-state index contributed by atoms with van der Waals surface area (Å²) in [6.07, 6.45) is 0. The summed E-state index contributed by atoms with van der Waals surface area (Å²) in [4.78, 5) is 20.7. The van der Waals surface area contributed by atoms with Crippen LogP contribution in [0.2, 0.25) is 0 Å². The van der Waals surface area contributed by atoms with Gasteiger partial charge in [0.15, 0.2) is 0 Å². The number of imidazole rings is 3. The number of aliphatic imine (C=N–C) groups is 1. The highest BCUT2D eigenvalue weighted by molar-refractivity contribution is 6.12. The molecular weight excluding hydrogens is 606 g/mol. The molecule has 6 heterocycles. The Hall–Kier alpha value is -6.80. The van der Waals surface area contributed by atoms with Crippen molar-refractivity contribution >= 4 is 67.0 Å². The molecule has 4 aromatic heterocycles. The second-order valence-corrected chi connectivity index (χ2v) is 12.9. The second kappa shape index (κ2) is 8.76. The highest BCUT2D eigenvalue weighted by Gasteiger charge is 2.39. The number of aromatic hydroxyl groups is 1. The Morgan fingerprint density at radius 1 is 0.571 bits per heavy atom. The molecule has 8 nitrogen and oxygen atoms in total. The van der Waals surface area contributed by atoms with E-state index in [4.69, 9.17) is 19.9 Å². The van der Waals surface area contributed by atoms with Gasteiger partial charge < -0.3 is 5.11 Å². The molecule has 2 aliphatic rings. The summed E-state index contributed by atoms with van der Waals surface area (Å²) in [6.45, 7) is 0. The second-order valence-electron chi connectivity index (χ2n) is 12.9. The minimum absolute atomic E-state index is 0.0986. The van der Waals surface area contributed by atoms with Crippen LogP contribution in [0.1, 0.15) is 17.0 Å². The van der Waals surface area contributed by atoms with Crippen molar-refractivity contribution in [2.24, 2.45) is 4.99 Å². The van der Waals surface area contributed by atoms with E-state index in [-0.39, 0.29) is 11.7 Å². The van der Waals surface area contributed by atoms with Gasteiger partial charge in [-0.2, -0.15) is 0 Å². The summed E-state index contributed by atoms with van der Waals surface area (Å²) in [7, 11) is 0. The summed E-state index contributed by atoms with van der Waals surface area (Å²) >= 11 is 0. The van der Waals surface area contributed by atoms with Gasteiger partial charge in [-0.1, -0.05) is 78.9 Å². The van der Waals surface area contributed by atoms with Crippen LogP contribution in [0.15, 0.2) is 132 Å². The maximum Gasteiger partial charge on any atom is 0.221 e. The highest BCUT2D eigenvalue weighted by atomic mass is 16.3. The van der Waals surface area contributed by atoms with Gasteiger partial charge in [0.05, 0.1) is 44.7 Å². The van der Waals surface area contributed by atoms with Gasteiger partial charge in [0.2, 0.25) is 5.78 Å². The van der Waals surface area contributed by atoms with Gasteiger partial charge >= 0.3 is 0 Å². The Bertz CT molecular complexity index is 3140. The molecule has 10 aromatic rings. The molecule has 0 bridgehead atoms. The molecule has 12 rings (SSSR count). The summed E-state index contributed by atoms with van der Waals surface area (Å²) in [5, 5.41) is 12.1. The SMILES string of the molecule is Oc1cccc2nc3n(c12)C1=Nc2c(-c4ccc5nc6c7ccccc7n7c8ccccc8nc7n6c5c4)cccc2C1c1ccccc1-3. The molecular formula is C41H23N7O. The fourth-order valence-corrected chi connectivity index (χ4v) is 8.31. The van der Waals surface area contributed by atoms with Crippen molar-refractivity contribution < 1.29 is 5.11 Å². The largest absolute Gasteiger partial charge is 0.506 e. The Morgan fingerprint density at radius 2 is 1.33 bits per heavy atom. The highest BCUT2D eigenvalue weighted by Crippen LogP contribution is 2.51. The van der Waals surface area contributed by atoms with Gasteiger partial charge in [0.25, 0.3) is 0 Å². The van der Waals surface area contributed by atoms with E-state index >= 15 is 0 Å². The lowest BCUT2D eigenvalue weighted by Crippen LogP contribution is -2.25. The molecule has 0 spiro atoms. The zero-order valence-corrected chi connectivity index (χ0v) is 25.8. The molecule has 8 heteroatoms. The third-order valence-corrected chi connectivity index (χ3v) is 10.4. The van der Waals surface area contributed by atoms with Gasteiger partial charge in [0, 0.05) is 16.5 Å². The Labute approximate surface area is 277 Å². The molecule has 0 fully saturated rings. The van der Waals surface area contributed by atoms with Crippen LogP contribution in [0.4, 0.5) is 5.69 Å². The van der Waals surface area contributed by atoms with Crippen molar-refractivity contribution in [1.29, 1.82) is 0 Å². The lowest BCUT2D eigenvalue weighted by molar-refractivity contribution is 0.480. The van der Waals surface area contributed by atoms with Crippen LogP contribution in [-0.4, -0.2) is 39.3 Å². The number of phenols is 1. The van der Waals surface area contributed by atoms with Crippen LogP contribution in [0.5, 0.6) is 5.75 Å². The van der Waals surface area contributed by atoms with Crippen molar-refractivity contribution in [1.82, 2.24) is 28.3 Å². The van der Waals surface area contributed by atoms with E-state index in [1.807, 2.05) is 24.3 Å². The van der Waals surface area contributed by atoms with Crippen LogP contribution in [0.3, 0.4) is 0 Å². The first kappa shape index (κ1) is 25.3. The van der Waals surface area contributed by atoms with Crippen LogP contribution in [0, 0.1) is 0 Å². The number of benzene rings is 6. The molecule has 1 N–H and O–H groups in total. The minimum atomic E-state index is -0.0986. The van der Waals surface area contributed by atoms with Crippen molar-refractivity contribution in [3.05, 3.63) is 139 Å². The van der Waals surface area contributed by atoms with Crippen LogP contribution in [0.25, 0.3) is 77.9 Å². The van der Waals surface area contributed by atoms with Gasteiger partial charge in [-0.3, -0.25) is 13.4 Å². The average molecular weight is 630 g/mol. The molecule has 1 unspecified atom stereocenters. The van der Waals surface area contributed by atoms with Crippen molar-refractivity contribution in [2.75, 3.05) is 0 Å². The number of hydrogen-bond acceptors (Lipinski definition) is 5. The molecule has 0 aliphatic carbocycles. The maximum absolute atomic E-state index is 11.1. The van der Waals surface area contributed by atoms with E-state index < -0.39 is 0 Å². The predicted octanol–water partition coefficient (Wildman–Crippen LogP) is 8.87. The van der Waals surface area contributed by atoms with Crippen molar-refractivity contribution in [3.63, 3.8) is 0 Å². The average Bonchev–Trinajstić information content (AvgIpc) is 3.91. The van der Waals surface area contributed by atoms with Crippen LogP contribution < -0.4 is 0 Å². The van der Waals surface area contributed by atoms with E-state index in [1.54, 1.807) is 6.07 Å². The van der Waals surface area contributed by atoms with Gasteiger partial charge in [-0.25, -0.2) is 19.9 Å². The smallest absolute Gasteiger partial charge is 0.221 e. The van der Waals surface area contributed by atoms with Gasteiger partial charge in [0.1, 0.15) is 28.6 Å². The van der Waals surface area contributed by atoms with Gasteiger partial charge in [-0.15, -0.1) is 0 Å². The lowest BCUT2D eigenvalue weighted by atomic mass is 9.84. The molecule has 1 atom stereocenters. The zero-order chi connectivity index (χ0) is 32.0. The summed E-state index contributed by atoms with van der Waals surface area (Å²) in [6, 6.07) is 43.5. The predicted molar refractivity (Wildman–Crippen MR) is 193 cm³/mol. The molecule has 0 amide bonds. The van der Waals surface area contributed by atoms with E-state index in [0.717, 1.165) is 95.1 Å². The van der Waals surface area contributed by atoms with Crippen molar-refractivity contribution in [2.45, 2.75) is 5.92 Å². The summed E-state index contributed by atoms with van der Waals surface area (Å²) in [5.41, 5.74) is 13.6. The summed E-state index contributed by atoms with van der Waals surface area (Å²) in [5.74, 6) is 2.57. The lowest BCUT2D eigenvalue weighted by Gasteiger charge is -2.26. The molecule has 6 aromatic carbocycles. The first-order valence-corrected chi connectivity index (χ1v) is 16.3. The third-order valence-electron chi connectivity index (χ3n) is 10.4. The summed E-state index contributed by atoms with van der Waals surface area (Å²) < 4.78 is 6.49. The monoisotopic (exact) mass is 629 g/mol. The van der Waals surface area contributed by atoms with Crippen LogP contribution >= 0.6 is 0 Å². The fraction of sp³-hybridized carbons (Fsp3) is 0.0244. The standard InChI is InChI=1S/C41H23N7O/c49-34-18-8-15-30-37(34)48-38(43-30)25-10-2-1-9-24(25)35-27-13-7-12-23(36(27)45-40(35)48)22-19-20-29-33(21-22)47-39(42-29)26-11-3-5-16-31(26)46-32-17-6-4-14-28(32)44-41(46)47/h1-21,35,49H. The fourth-order valence-electron chi connectivity index (χ4n) is 8.31. The van der Waals surface area contributed by atoms with E-state index in [9.17, 15) is 5.11 Å². The number of rotatable bonds is 1. The minimum Gasteiger partial charge on any atom is -0.506 e. The Morgan fingerprint density at radius 3 is 2.29 bits per heavy atom. The van der Waals surface area contributed by atoms with E-state index in [2.05, 4.69) is 110 Å². The maximum atomic E-state index is 11.1. The molecule has 0 saturated heterocycles. The molecule has 0 radical (unpaired) electrons. The molecule has 228 valence electrons. The molecule has 2 aliphatic heterocycles. The van der Waals surface area contributed by atoms with Crippen LogP contribution in [-0.2, 0) is 0 Å². The van der Waals surface area contributed by atoms with E-state index in [1.165, 1.54) is 0 Å². The zero-order valence-electron chi connectivity index (χ0n) is 25.8. The molecule has 49 heavy (non-hydrogen) atoms. The van der Waals surface area contributed by atoms with E-state index in [0.29, 0.717) is 5.52 Å².